The fourth-order valence-corrected chi connectivity index (χ4v) is 4.80. The van der Waals surface area contributed by atoms with Crippen molar-refractivity contribution in [2.24, 2.45) is 0 Å². The van der Waals surface area contributed by atoms with Gasteiger partial charge in [0.25, 0.3) is 0 Å². The van der Waals surface area contributed by atoms with Crippen LogP contribution in [0.4, 0.5) is 0 Å². The number of carbonyl (C=O) groups is 1. The number of aromatic amines is 1. The molecule has 0 saturated carbocycles. The van der Waals surface area contributed by atoms with Gasteiger partial charge >= 0.3 is 0 Å². The number of morpholine rings is 1. The van der Waals surface area contributed by atoms with E-state index in [2.05, 4.69) is 19.7 Å². The first kappa shape index (κ1) is 18.9. The van der Waals surface area contributed by atoms with Crippen LogP contribution in [0.1, 0.15) is 5.69 Å². The molecule has 1 aromatic carbocycles. The Morgan fingerprint density at radius 2 is 2.14 bits per heavy atom. The van der Waals surface area contributed by atoms with Crippen molar-refractivity contribution in [1.82, 2.24) is 24.6 Å². The van der Waals surface area contributed by atoms with Gasteiger partial charge in [-0.1, -0.05) is 29.3 Å². The molecule has 7 nitrogen and oxygen atoms in total. The van der Waals surface area contributed by atoms with Crippen molar-refractivity contribution in [3.8, 4) is 11.1 Å². The Kier molecular flexibility index (Phi) is 4.78. The van der Waals surface area contributed by atoms with Gasteiger partial charge in [0.2, 0.25) is 5.91 Å². The Hall–Kier alpha value is -2.06. The molecule has 9 heteroatoms. The number of fused-ring (bicyclic) bond motifs is 3. The van der Waals surface area contributed by atoms with E-state index in [1.165, 1.54) is 0 Å². The van der Waals surface area contributed by atoms with E-state index in [-0.39, 0.29) is 11.9 Å². The minimum Gasteiger partial charge on any atom is -0.378 e. The summed E-state index contributed by atoms with van der Waals surface area (Å²) in [5.41, 5.74) is 3.97. The molecule has 29 heavy (non-hydrogen) atoms. The van der Waals surface area contributed by atoms with E-state index in [1.54, 1.807) is 6.20 Å². The first-order valence-electron chi connectivity index (χ1n) is 9.61. The number of hydrogen-bond acceptors (Lipinski definition) is 4. The van der Waals surface area contributed by atoms with Crippen molar-refractivity contribution < 1.29 is 9.53 Å². The molecule has 0 aliphatic carbocycles. The molecule has 0 radical (unpaired) electrons. The van der Waals surface area contributed by atoms with Gasteiger partial charge < -0.3 is 14.2 Å². The number of amides is 1. The van der Waals surface area contributed by atoms with E-state index in [4.69, 9.17) is 27.9 Å². The highest BCUT2D eigenvalue weighted by molar-refractivity contribution is 6.45. The summed E-state index contributed by atoms with van der Waals surface area (Å²) in [6.07, 6.45) is 3.66. The van der Waals surface area contributed by atoms with Crippen molar-refractivity contribution >= 4 is 40.0 Å². The smallest absolute Gasteiger partial charge is 0.242 e. The van der Waals surface area contributed by atoms with Crippen molar-refractivity contribution in [2.75, 3.05) is 33.4 Å². The summed E-state index contributed by atoms with van der Waals surface area (Å²) in [6.45, 7) is 3.65. The van der Waals surface area contributed by atoms with E-state index in [9.17, 15) is 4.79 Å². The lowest BCUT2D eigenvalue weighted by molar-refractivity contribution is -0.143. The molecule has 1 unspecified atom stereocenters. The number of nitrogens with one attached hydrogen (secondary N) is 1. The SMILES string of the molecule is CN1CCOCC1C(=O)N1CCn2c(c(-c3cn[nH]c3)c3ccc(Cl)c(Cl)c32)C1. The van der Waals surface area contributed by atoms with Gasteiger partial charge in [-0.3, -0.25) is 14.8 Å². The number of aromatic nitrogens is 3. The van der Waals surface area contributed by atoms with E-state index >= 15 is 0 Å². The molecule has 2 aliphatic rings. The summed E-state index contributed by atoms with van der Waals surface area (Å²) in [5, 5.41) is 9.08. The summed E-state index contributed by atoms with van der Waals surface area (Å²) in [6, 6.07) is 3.57. The second kappa shape index (κ2) is 7.32. The molecule has 2 aliphatic heterocycles. The molecule has 1 saturated heterocycles. The van der Waals surface area contributed by atoms with Gasteiger partial charge in [-0.2, -0.15) is 5.10 Å². The molecule has 0 spiro atoms. The summed E-state index contributed by atoms with van der Waals surface area (Å²) in [7, 11) is 1.98. The lowest BCUT2D eigenvalue weighted by atomic mass is 10.0. The molecule has 5 rings (SSSR count). The number of carbonyl (C=O) groups excluding carboxylic acids is 1. The molecule has 1 atom stereocenters. The van der Waals surface area contributed by atoms with E-state index in [0.29, 0.717) is 42.9 Å². The maximum absolute atomic E-state index is 13.2. The molecule has 0 bridgehead atoms. The van der Waals surface area contributed by atoms with Gasteiger partial charge in [0, 0.05) is 48.0 Å². The Labute approximate surface area is 178 Å². The number of ether oxygens (including phenoxy) is 1. The van der Waals surface area contributed by atoms with Crippen LogP contribution in [0.25, 0.3) is 22.0 Å². The number of halogens is 2. The van der Waals surface area contributed by atoms with Crippen LogP contribution < -0.4 is 0 Å². The predicted molar refractivity (Wildman–Crippen MR) is 112 cm³/mol. The second-order valence-corrected chi connectivity index (χ2v) is 8.33. The average Bonchev–Trinajstić information content (AvgIpc) is 3.36. The molecule has 4 heterocycles. The number of hydrogen-bond donors (Lipinski definition) is 1. The first-order valence-corrected chi connectivity index (χ1v) is 10.4. The predicted octanol–water partition coefficient (Wildman–Crippen LogP) is 3.01. The van der Waals surface area contributed by atoms with Crippen LogP contribution in [0, 0.1) is 0 Å². The number of benzene rings is 1. The monoisotopic (exact) mass is 433 g/mol. The normalized spacial score (nSPS) is 20.2. The molecular weight excluding hydrogens is 413 g/mol. The second-order valence-electron chi connectivity index (χ2n) is 7.55. The molecule has 1 amide bonds. The van der Waals surface area contributed by atoms with Crippen LogP contribution in [0.3, 0.4) is 0 Å². The Balaban J connectivity index is 1.60. The van der Waals surface area contributed by atoms with Crippen LogP contribution >= 0.6 is 23.2 Å². The first-order chi connectivity index (χ1) is 14.1. The Morgan fingerprint density at radius 1 is 1.28 bits per heavy atom. The lowest BCUT2D eigenvalue weighted by Crippen LogP contribution is -2.54. The van der Waals surface area contributed by atoms with Gasteiger partial charge in [0.05, 0.1) is 41.5 Å². The van der Waals surface area contributed by atoms with Gasteiger partial charge in [0.1, 0.15) is 6.04 Å². The Morgan fingerprint density at radius 3 is 2.90 bits per heavy atom. The number of nitrogens with zero attached hydrogens (tertiary/aromatic N) is 4. The molecule has 2 aromatic heterocycles. The van der Waals surface area contributed by atoms with Crippen LogP contribution in [0.5, 0.6) is 0 Å². The van der Waals surface area contributed by atoms with Gasteiger partial charge in [-0.05, 0) is 13.1 Å². The van der Waals surface area contributed by atoms with Crippen molar-refractivity contribution in [2.45, 2.75) is 19.1 Å². The van der Waals surface area contributed by atoms with Crippen LogP contribution in [0.15, 0.2) is 24.5 Å². The lowest BCUT2D eigenvalue weighted by Gasteiger charge is -2.37. The summed E-state index contributed by atoms with van der Waals surface area (Å²) in [4.78, 5) is 17.2. The quantitative estimate of drug-likeness (QED) is 0.674. The number of likely N-dealkylation sites (N-methyl/N-ethyl adjacent to an activating group) is 1. The Bertz CT molecular complexity index is 1080. The van der Waals surface area contributed by atoms with Gasteiger partial charge in [-0.25, -0.2) is 0 Å². The topological polar surface area (TPSA) is 66.4 Å². The van der Waals surface area contributed by atoms with Gasteiger partial charge in [-0.15, -0.1) is 0 Å². The molecule has 1 N–H and O–H groups in total. The highest BCUT2D eigenvalue weighted by Gasteiger charge is 2.34. The minimum absolute atomic E-state index is 0.103. The van der Waals surface area contributed by atoms with Gasteiger partial charge in [0.15, 0.2) is 0 Å². The zero-order valence-electron chi connectivity index (χ0n) is 16.0. The maximum atomic E-state index is 13.2. The third-order valence-electron chi connectivity index (χ3n) is 5.94. The number of rotatable bonds is 2. The zero-order valence-corrected chi connectivity index (χ0v) is 17.5. The molecule has 152 valence electrons. The zero-order chi connectivity index (χ0) is 20.1. The molecule has 1 fully saturated rings. The third kappa shape index (κ3) is 3.04. The minimum atomic E-state index is -0.241. The largest absolute Gasteiger partial charge is 0.378 e. The summed E-state index contributed by atoms with van der Waals surface area (Å²) >= 11 is 12.9. The van der Waals surface area contributed by atoms with Crippen molar-refractivity contribution in [1.29, 1.82) is 0 Å². The van der Waals surface area contributed by atoms with E-state index in [1.807, 2.05) is 30.3 Å². The third-order valence-corrected chi connectivity index (χ3v) is 6.73. The highest BCUT2D eigenvalue weighted by atomic mass is 35.5. The van der Waals surface area contributed by atoms with Crippen LogP contribution in [-0.2, 0) is 22.6 Å². The number of H-pyrrole nitrogens is 1. The molecule has 3 aromatic rings. The maximum Gasteiger partial charge on any atom is 0.242 e. The van der Waals surface area contributed by atoms with E-state index < -0.39 is 0 Å². The van der Waals surface area contributed by atoms with Crippen LogP contribution in [-0.4, -0.2) is 69.9 Å². The summed E-state index contributed by atoms with van der Waals surface area (Å²) in [5.74, 6) is 0.103. The fraction of sp³-hybridized carbons (Fsp3) is 0.400. The van der Waals surface area contributed by atoms with Crippen molar-refractivity contribution in [3.63, 3.8) is 0 Å². The fourth-order valence-electron chi connectivity index (χ4n) is 4.38. The standard InChI is InChI=1S/C20H21Cl2N5O2/c1-25-6-7-29-11-16(25)20(28)26-4-5-27-15(10-26)17(12-8-23-24-9-12)13-2-3-14(21)18(22)19(13)27/h2-3,8-9,16H,4-7,10-11H2,1H3,(H,23,24). The van der Waals surface area contributed by atoms with E-state index in [0.717, 1.165) is 34.3 Å². The molecular formula is C20H21Cl2N5O2. The highest BCUT2D eigenvalue weighted by Crippen LogP contribution is 2.42. The summed E-state index contributed by atoms with van der Waals surface area (Å²) < 4.78 is 7.75. The van der Waals surface area contributed by atoms with Crippen LogP contribution in [0.2, 0.25) is 10.0 Å². The average molecular weight is 434 g/mol. The van der Waals surface area contributed by atoms with Crippen molar-refractivity contribution in [3.05, 3.63) is 40.3 Å².